The number of aryl methyl sites for hydroxylation is 1. The Labute approximate surface area is 153 Å². The molecule has 3 aromatic rings. The van der Waals surface area contributed by atoms with Crippen molar-refractivity contribution in [2.24, 2.45) is 0 Å². The second-order valence-electron chi connectivity index (χ2n) is 5.57. The van der Waals surface area contributed by atoms with Gasteiger partial charge in [0.15, 0.2) is 0 Å². The van der Waals surface area contributed by atoms with Crippen molar-refractivity contribution in [2.75, 3.05) is 0 Å². The lowest BCUT2D eigenvalue weighted by molar-refractivity contribution is 0.605. The third-order valence-electron chi connectivity index (χ3n) is 3.71. The summed E-state index contributed by atoms with van der Waals surface area (Å²) in [6, 6.07) is 26.1. The molecule has 3 rings (SSSR count). The zero-order valence-electron chi connectivity index (χ0n) is 13.8. The van der Waals surface area contributed by atoms with Gasteiger partial charge in [-0.3, -0.25) is 0 Å². The molecule has 0 aliphatic carbocycles. The van der Waals surface area contributed by atoms with Gasteiger partial charge in [-0.15, -0.1) is 0 Å². The van der Waals surface area contributed by atoms with Gasteiger partial charge in [-0.2, -0.15) is 0 Å². The number of thioether (sulfide) groups is 1. The molecule has 4 heteroatoms. The molecule has 0 spiro atoms. The minimum absolute atomic E-state index is 0.300. The molecule has 0 aliphatic rings. The number of hydrogen-bond donors (Lipinski definition) is 0. The van der Waals surface area contributed by atoms with Gasteiger partial charge in [0.25, 0.3) is 0 Å². The average molecular weight is 367 g/mol. The Balaban J connectivity index is 2.07. The van der Waals surface area contributed by atoms with Gasteiger partial charge in [0.05, 0.1) is 10.3 Å². The average Bonchev–Trinajstić information content (AvgIpc) is 2.64. The van der Waals surface area contributed by atoms with Crippen LogP contribution in [0.25, 0.3) is 4.91 Å². The van der Waals surface area contributed by atoms with Crippen molar-refractivity contribution < 1.29 is 8.42 Å². The first kappa shape index (κ1) is 17.5. The largest absolute Gasteiger partial charge is 0.219 e. The van der Waals surface area contributed by atoms with Crippen LogP contribution < -0.4 is 0 Å². The molecule has 0 fully saturated rings. The van der Waals surface area contributed by atoms with Gasteiger partial charge < -0.3 is 0 Å². The number of hydrogen-bond acceptors (Lipinski definition) is 3. The topological polar surface area (TPSA) is 34.1 Å². The number of benzene rings is 3. The van der Waals surface area contributed by atoms with Crippen LogP contribution >= 0.6 is 11.8 Å². The van der Waals surface area contributed by atoms with Gasteiger partial charge in [0.1, 0.15) is 0 Å². The summed E-state index contributed by atoms with van der Waals surface area (Å²) in [5, 5.41) is 1.37. The highest BCUT2D eigenvalue weighted by Gasteiger charge is 2.15. The summed E-state index contributed by atoms with van der Waals surface area (Å²) in [4.78, 5) is 2.05. The third-order valence-corrected chi connectivity index (χ3v) is 6.58. The fourth-order valence-corrected chi connectivity index (χ4v) is 4.89. The number of rotatable bonds is 5. The van der Waals surface area contributed by atoms with Crippen LogP contribution in [0.15, 0.2) is 100 Å². The monoisotopic (exact) mass is 366 g/mol. The molecule has 0 amide bonds. The van der Waals surface area contributed by atoms with Gasteiger partial charge in [0, 0.05) is 9.80 Å². The van der Waals surface area contributed by atoms with Gasteiger partial charge in [-0.05, 0) is 36.2 Å². The molecule has 25 heavy (non-hydrogen) atoms. The van der Waals surface area contributed by atoms with Crippen molar-refractivity contribution in [1.29, 1.82) is 0 Å². The molecule has 2 nitrogen and oxygen atoms in total. The lowest BCUT2D eigenvalue weighted by atomic mass is 10.2. The predicted octanol–water partition coefficient (Wildman–Crippen LogP) is 5.56. The third kappa shape index (κ3) is 4.41. The van der Waals surface area contributed by atoms with E-state index in [9.17, 15) is 8.42 Å². The first-order valence-electron chi connectivity index (χ1n) is 7.87. The van der Waals surface area contributed by atoms with Gasteiger partial charge in [-0.1, -0.05) is 78.5 Å². The molecule has 126 valence electrons. The van der Waals surface area contributed by atoms with Crippen molar-refractivity contribution in [3.05, 3.63) is 101 Å². The lowest BCUT2D eigenvalue weighted by Gasteiger charge is -2.10. The molecule has 0 N–H and O–H groups in total. The molecule has 0 bridgehead atoms. The minimum Gasteiger partial charge on any atom is -0.219 e. The highest BCUT2D eigenvalue weighted by Crippen LogP contribution is 2.37. The molecule has 0 saturated heterocycles. The van der Waals surface area contributed by atoms with Gasteiger partial charge in [0.2, 0.25) is 9.84 Å². The summed E-state index contributed by atoms with van der Waals surface area (Å²) in [6.07, 6.45) is 0. The van der Waals surface area contributed by atoms with E-state index in [1.54, 1.807) is 24.3 Å². The van der Waals surface area contributed by atoms with Crippen LogP contribution in [0.1, 0.15) is 11.1 Å². The molecule has 3 aromatic carbocycles. The Kier molecular flexibility index (Phi) is 5.41. The molecule has 0 atom stereocenters. The van der Waals surface area contributed by atoms with Crippen LogP contribution in [0.2, 0.25) is 0 Å². The second kappa shape index (κ2) is 7.72. The second-order valence-corrected chi connectivity index (χ2v) is 8.45. The van der Waals surface area contributed by atoms with Gasteiger partial charge >= 0.3 is 0 Å². The maximum atomic E-state index is 12.8. The Hall–Kier alpha value is -2.30. The van der Waals surface area contributed by atoms with E-state index in [1.807, 2.05) is 67.6 Å². The Morgan fingerprint density at radius 1 is 0.800 bits per heavy atom. The summed E-state index contributed by atoms with van der Waals surface area (Å²) in [5.74, 6) is 0. The smallest absolute Gasteiger partial charge is 0.200 e. The highest BCUT2D eigenvalue weighted by atomic mass is 32.2. The fourth-order valence-electron chi connectivity index (χ4n) is 2.36. The maximum absolute atomic E-state index is 12.8. The summed E-state index contributed by atoms with van der Waals surface area (Å²) >= 11 is 1.47. The van der Waals surface area contributed by atoms with Crippen molar-refractivity contribution in [3.63, 3.8) is 0 Å². The van der Waals surface area contributed by atoms with E-state index >= 15 is 0 Å². The van der Waals surface area contributed by atoms with E-state index in [2.05, 4.69) is 0 Å². The first-order valence-corrected chi connectivity index (χ1v) is 10.2. The van der Waals surface area contributed by atoms with Crippen molar-refractivity contribution in [3.8, 4) is 0 Å². The summed E-state index contributed by atoms with van der Waals surface area (Å²) < 4.78 is 25.6. The summed E-state index contributed by atoms with van der Waals surface area (Å²) in [7, 11) is -3.52. The molecule has 0 heterocycles. The van der Waals surface area contributed by atoms with Crippen LogP contribution in [0.3, 0.4) is 0 Å². The Morgan fingerprint density at radius 3 is 2.00 bits per heavy atom. The SMILES string of the molecule is Cc1ccccc1S/C(=C/S(=O)(=O)c1ccccc1)c1ccccc1. The molecular weight excluding hydrogens is 348 g/mol. The minimum atomic E-state index is -3.52. The van der Waals surface area contributed by atoms with Crippen molar-refractivity contribution in [1.82, 2.24) is 0 Å². The molecule has 0 aliphatic heterocycles. The molecule has 0 saturated carbocycles. The van der Waals surface area contributed by atoms with Crippen LogP contribution in [0.5, 0.6) is 0 Å². The standard InChI is InChI=1S/C21H18O2S2/c1-17-10-8-9-15-20(17)24-21(18-11-4-2-5-12-18)16-25(22,23)19-13-6-3-7-14-19/h2-16H,1H3/b21-16+. The van der Waals surface area contributed by atoms with E-state index in [0.717, 1.165) is 16.0 Å². The first-order chi connectivity index (χ1) is 12.1. The Morgan fingerprint density at radius 2 is 1.36 bits per heavy atom. The van der Waals surface area contributed by atoms with Crippen LogP contribution in [0.4, 0.5) is 0 Å². The number of sulfone groups is 1. The maximum Gasteiger partial charge on any atom is 0.200 e. The van der Waals surface area contributed by atoms with Crippen LogP contribution in [0, 0.1) is 6.92 Å². The van der Waals surface area contributed by atoms with Gasteiger partial charge in [-0.25, -0.2) is 8.42 Å². The molecular formula is C21H18O2S2. The van der Waals surface area contributed by atoms with E-state index in [0.29, 0.717) is 9.80 Å². The molecule has 0 aromatic heterocycles. The highest BCUT2D eigenvalue weighted by molar-refractivity contribution is 8.09. The van der Waals surface area contributed by atoms with Crippen LogP contribution in [-0.2, 0) is 9.84 Å². The van der Waals surface area contributed by atoms with E-state index < -0.39 is 9.84 Å². The zero-order valence-corrected chi connectivity index (χ0v) is 15.4. The summed E-state index contributed by atoms with van der Waals surface area (Å²) in [5.41, 5.74) is 2.00. The van der Waals surface area contributed by atoms with Crippen molar-refractivity contribution >= 4 is 26.5 Å². The summed E-state index contributed by atoms with van der Waals surface area (Å²) in [6.45, 7) is 2.02. The zero-order chi connectivity index (χ0) is 17.7. The van der Waals surface area contributed by atoms with Crippen LogP contribution in [-0.4, -0.2) is 8.42 Å². The fraction of sp³-hybridized carbons (Fsp3) is 0.0476. The lowest BCUT2D eigenvalue weighted by Crippen LogP contribution is -1.97. The van der Waals surface area contributed by atoms with Crippen molar-refractivity contribution in [2.45, 2.75) is 16.7 Å². The van der Waals surface area contributed by atoms with E-state index in [1.165, 1.54) is 17.2 Å². The van der Waals surface area contributed by atoms with E-state index in [-0.39, 0.29) is 0 Å². The van der Waals surface area contributed by atoms with E-state index in [4.69, 9.17) is 0 Å². The molecule has 0 radical (unpaired) electrons. The quantitative estimate of drug-likeness (QED) is 0.554. The Bertz CT molecular complexity index is 977. The molecule has 0 unspecified atom stereocenters. The normalized spacial score (nSPS) is 12.1. The predicted molar refractivity (Wildman–Crippen MR) is 105 cm³/mol.